The minimum Gasteiger partial charge on any atom is -0.454 e. The normalized spacial score (nSPS) is 24.2. The van der Waals surface area contributed by atoms with Gasteiger partial charge in [-0.2, -0.15) is 13.2 Å². The van der Waals surface area contributed by atoms with Gasteiger partial charge in [-0.15, -0.1) is 0 Å². The van der Waals surface area contributed by atoms with Crippen LogP contribution >= 0.6 is 0 Å². The fourth-order valence-electron chi connectivity index (χ4n) is 5.46. The summed E-state index contributed by atoms with van der Waals surface area (Å²) in [6, 6.07) is 3.25. The molecule has 0 amide bonds. The van der Waals surface area contributed by atoms with E-state index < -0.39 is 30.6 Å². The minimum absolute atomic E-state index is 0.0318. The van der Waals surface area contributed by atoms with E-state index in [1.54, 1.807) is 19.1 Å². The molecule has 0 aliphatic carbocycles. The number of hydrogen-bond acceptors (Lipinski definition) is 6. The molecule has 1 unspecified atom stereocenters. The summed E-state index contributed by atoms with van der Waals surface area (Å²) >= 11 is 0. The first-order valence-corrected chi connectivity index (χ1v) is 12.2. The molecular weight excluding hydrogens is 483 g/mol. The molecule has 5 rings (SSSR count). The molecule has 0 radical (unpaired) electrons. The lowest BCUT2D eigenvalue weighted by Crippen LogP contribution is -2.47. The highest BCUT2D eigenvalue weighted by atomic mass is 19.4. The quantitative estimate of drug-likeness (QED) is 0.544. The van der Waals surface area contributed by atoms with Crippen LogP contribution in [0.2, 0.25) is 0 Å². The number of anilines is 1. The summed E-state index contributed by atoms with van der Waals surface area (Å²) in [6.07, 6.45) is -1.32. The molecular formula is C25H29F5N4O2. The molecule has 1 fully saturated rings. The van der Waals surface area contributed by atoms with Crippen molar-refractivity contribution in [2.24, 2.45) is 0 Å². The van der Waals surface area contributed by atoms with Gasteiger partial charge >= 0.3 is 6.18 Å². The smallest absolute Gasteiger partial charge is 0.401 e. The molecule has 3 aliphatic heterocycles. The summed E-state index contributed by atoms with van der Waals surface area (Å²) in [5, 5.41) is 3.26. The van der Waals surface area contributed by atoms with E-state index >= 15 is 4.39 Å². The summed E-state index contributed by atoms with van der Waals surface area (Å²) in [6.45, 7) is 2.40. The fourth-order valence-corrected chi connectivity index (χ4v) is 5.46. The molecule has 0 bridgehead atoms. The maximum Gasteiger partial charge on any atom is 0.401 e. The zero-order valence-electron chi connectivity index (χ0n) is 20.0. The zero-order valence-corrected chi connectivity index (χ0v) is 20.0. The van der Waals surface area contributed by atoms with Crippen molar-refractivity contribution in [3.8, 4) is 11.5 Å². The number of aromatic nitrogens is 1. The average molecular weight is 513 g/mol. The van der Waals surface area contributed by atoms with Crippen molar-refractivity contribution in [3.63, 3.8) is 0 Å². The lowest BCUT2D eigenvalue weighted by atomic mass is 9.86. The fraction of sp³-hybridized carbons (Fsp3) is 0.560. The van der Waals surface area contributed by atoms with Crippen molar-refractivity contribution >= 4 is 5.69 Å². The Morgan fingerprint density at radius 2 is 1.94 bits per heavy atom. The van der Waals surface area contributed by atoms with Gasteiger partial charge in [0.15, 0.2) is 11.5 Å². The van der Waals surface area contributed by atoms with Gasteiger partial charge in [0.1, 0.15) is 5.82 Å². The van der Waals surface area contributed by atoms with E-state index in [9.17, 15) is 17.6 Å². The molecule has 36 heavy (non-hydrogen) atoms. The number of benzene rings is 1. The number of alkyl halides is 4. The van der Waals surface area contributed by atoms with E-state index in [1.165, 1.54) is 17.2 Å². The van der Waals surface area contributed by atoms with Crippen LogP contribution in [-0.2, 0) is 6.42 Å². The van der Waals surface area contributed by atoms with Crippen LogP contribution in [0.5, 0.6) is 11.5 Å². The van der Waals surface area contributed by atoms with E-state index in [0.29, 0.717) is 48.7 Å². The second-order valence-corrected chi connectivity index (χ2v) is 9.71. The molecule has 3 atom stereocenters. The van der Waals surface area contributed by atoms with E-state index in [0.717, 1.165) is 18.5 Å². The van der Waals surface area contributed by atoms with Crippen molar-refractivity contribution < 1.29 is 31.4 Å². The van der Waals surface area contributed by atoms with Gasteiger partial charge in [-0.3, -0.25) is 14.3 Å². The summed E-state index contributed by atoms with van der Waals surface area (Å²) in [5.41, 5.74) is 1.73. The number of fused-ring (bicyclic) bond motifs is 2. The van der Waals surface area contributed by atoms with Crippen LogP contribution in [0.4, 0.5) is 27.6 Å². The van der Waals surface area contributed by atoms with Crippen LogP contribution in [0.25, 0.3) is 0 Å². The van der Waals surface area contributed by atoms with Crippen molar-refractivity contribution in [2.45, 2.75) is 50.5 Å². The number of likely N-dealkylation sites (tertiary alicyclic amines) is 1. The summed E-state index contributed by atoms with van der Waals surface area (Å²) in [7, 11) is 0. The average Bonchev–Trinajstić information content (AvgIpc) is 3.46. The van der Waals surface area contributed by atoms with Crippen LogP contribution < -0.4 is 14.8 Å². The summed E-state index contributed by atoms with van der Waals surface area (Å²) in [5.74, 6) is 0.286. The number of hydrogen-bond donors (Lipinski definition) is 1. The zero-order chi connectivity index (χ0) is 25.4. The molecule has 2 aromatic rings. The lowest BCUT2D eigenvalue weighted by Gasteiger charge is -2.42. The Hall–Kier alpha value is -2.66. The van der Waals surface area contributed by atoms with E-state index in [1.807, 2.05) is 0 Å². The van der Waals surface area contributed by atoms with Gasteiger partial charge in [0.05, 0.1) is 36.8 Å². The largest absolute Gasteiger partial charge is 0.454 e. The molecule has 3 aliphatic rings. The van der Waals surface area contributed by atoms with Gasteiger partial charge in [0, 0.05) is 37.8 Å². The lowest BCUT2D eigenvalue weighted by molar-refractivity contribution is -0.155. The number of ether oxygens (including phenoxy) is 2. The van der Waals surface area contributed by atoms with Gasteiger partial charge in [0.25, 0.3) is 0 Å². The molecule has 196 valence electrons. The Bertz CT molecular complexity index is 1100. The maximum atomic E-state index is 15.5. The summed E-state index contributed by atoms with van der Waals surface area (Å²) < 4.78 is 79.6. The molecule has 4 heterocycles. The maximum absolute atomic E-state index is 15.5. The number of nitrogens with one attached hydrogen (secondary N) is 1. The number of rotatable bonds is 7. The van der Waals surface area contributed by atoms with Crippen molar-refractivity contribution in [3.05, 3.63) is 47.0 Å². The predicted octanol–water partition coefficient (Wildman–Crippen LogP) is 4.69. The third-order valence-electron chi connectivity index (χ3n) is 7.08. The second-order valence-electron chi connectivity index (χ2n) is 9.71. The first-order chi connectivity index (χ1) is 17.2. The molecule has 0 saturated carbocycles. The molecule has 1 N–H and O–H groups in total. The standard InChI is InChI=1S/C25H29F5N4O2/c1-15-7-16-8-21-22(36-14-35-21)10-19(16)24(34(15)13-25(28,29)30)23-20(27)9-18(11-31-23)32-17-3-6-33(12-17)5-2-4-26/h8-11,15,17,24,32H,2-7,12-14H2,1H3/t15-,17?,24+/m1/s1. The van der Waals surface area contributed by atoms with Gasteiger partial charge < -0.3 is 19.7 Å². The van der Waals surface area contributed by atoms with E-state index in [-0.39, 0.29) is 25.2 Å². The van der Waals surface area contributed by atoms with Crippen LogP contribution in [0, 0.1) is 5.82 Å². The minimum atomic E-state index is -4.46. The highest BCUT2D eigenvalue weighted by Gasteiger charge is 2.43. The third kappa shape index (κ3) is 5.22. The highest BCUT2D eigenvalue weighted by molar-refractivity contribution is 5.53. The molecule has 11 heteroatoms. The van der Waals surface area contributed by atoms with Crippen molar-refractivity contribution in [1.82, 2.24) is 14.8 Å². The SMILES string of the molecule is C[C@@H]1Cc2cc3c(cc2[C@@H](c2ncc(NC4CCN(CCCF)C4)cc2F)N1CC(F)(F)F)OCO3. The third-order valence-corrected chi connectivity index (χ3v) is 7.08. The second kappa shape index (κ2) is 10.0. The molecule has 0 spiro atoms. The topological polar surface area (TPSA) is 49.9 Å². The van der Waals surface area contributed by atoms with Gasteiger partial charge in [-0.25, -0.2) is 4.39 Å². The Balaban J connectivity index is 1.44. The Labute approximate surface area is 206 Å². The van der Waals surface area contributed by atoms with E-state index in [2.05, 4.69) is 15.2 Å². The highest BCUT2D eigenvalue weighted by Crippen LogP contribution is 2.45. The summed E-state index contributed by atoms with van der Waals surface area (Å²) in [4.78, 5) is 7.74. The monoisotopic (exact) mass is 512 g/mol. The molecule has 1 aromatic heterocycles. The Morgan fingerprint density at radius 1 is 1.17 bits per heavy atom. The van der Waals surface area contributed by atoms with Gasteiger partial charge in [0.2, 0.25) is 6.79 Å². The molecule has 1 aromatic carbocycles. The van der Waals surface area contributed by atoms with Crippen LogP contribution in [-0.4, -0.2) is 72.7 Å². The Kier molecular flexibility index (Phi) is 6.95. The van der Waals surface area contributed by atoms with Gasteiger partial charge in [-0.05, 0) is 49.4 Å². The number of nitrogens with zero attached hydrogens (tertiary/aromatic N) is 3. The first-order valence-electron chi connectivity index (χ1n) is 12.2. The molecule has 6 nitrogen and oxygen atoms in total. The van der Waals surface area contributed by atoms with E-state index in [4.69, 9.17) is 9.47 Å². The van der Waals surface area contributed by atoms with Crippen LogP contribution in [0.15, 0.2) is 24.4 Å². The van der Waals surface area contributed by atoms with Crippen LogP contribution in [0.1, 0.15) is 42.6 Å². The van der Waals surface area contributed by atoms with Crippen LogP contribution in [0.3, 0.4) is 0 Å². The van der Waals surface area contributed by atoms with Crippen molar-refractivity contribution in [1.29, 1.82) is 0 Å². The number of halogens is 5. The number of pyridine rings is 1. The first kappa shape index (κ1) is 25.0. The van der Waals surface area contributed by atoms with Gasteiger partial charge in [-0.1, -0.05) is 0 Å². The molecule has 1 saturated heterocycles. The van der Waals surface area contributed by atoms with Crippen molar-refractivity contribution in [2.75, 3.05) is 45.0 Å². The predicted molar refractivity (Wildman–Crippen MR) is 124 cm³/mol. The Morgan fingerprint density at radius 3 is 2.67 bits per heavy atom.